The van der Waals surface area contributed by atoms with Crippen LogP contribution in [-0.2, 0) is 6.54 Å². The van der Waals surface area contributed by atoms with Crippen LogP contribution in [0, 0.1) is 10.1 Å². The molecule has 0 aliphatic heterocycles. The minimum Gasteiger partial charge on any atom is -0.312 e. The van der Waals surface area contributed by atoms with Gasteiger partial charge < -0.3 is 4.57 Å². The van der Waals surface area contributed by atoms with Crippen molar-refractivity contribution in [2.24, 2.45) is 5.10 Å². The summed E-state index contributed by atoms with van der Waals surface area (Å²) in [5.41, 5.74) is 1.99. The SMILES string of the molecule is CCn1c(-c2ccccc2)cs/c1=N\[N+](=O)[O-]. The number of benzene rings is 1. The Morgan fingerprint density at radius 1 is 1.41 bits per heavy atom. The molecule has 5 nitrogen and oxygen atoms in total. The molecule has 0 N–H and O–H groups in total. The molecule has 0 saturated heterocycles. The van der Waals surface area contributed by atoms with Crippen molar-refractivity contribution < 1.29 is 5.03 Å². The Morgan fingerprint density at radius 3 is 2.71 bits per heavy atom. The molecule has 0 unspecified atom stereocenters. The van der Waals surface area contributed by atoms with E-state index >= 15 is 0 Å². The van der Waals surface area contributed by atoms with Crippen LogP contribution in [0.2, 0.25) is 0 Å². The second kappa shape index (κ2) is 4.92. The molecule has 88 valence electrons. The first kappa shape index (κ1) is 11.5. The molecule has 0 atom stereocenters. The summed E-state index contributed by atoms with van der Waals surface area (Å²) in [5.74, 6) is 0. The van der Waals surface area contributed by atoms with Crippen LogP contribution in [0.5, 0.6) is 0 Å². The Morgan fingerprint density at radius 2 is 2.12 bits per heavy atom. The van der Waals surface area contributed by atoms with Crippen LogP contribution >= 0.6 is 11.3 Å². The molecule has 0 amide bonds. The summed E-state index contributed by atoms with van der Waals surface area (Å²) < 4.78 is 1.84. The highest BCUT2D eigenvalue weighted by atomic mass is 32.1. The van der Waals surface area contributed by atoms with E-state index in [0.29, 0.717) is 11.3 Å². The van der Waals surface area contributed by atoms with E-state index < -0.39 is 5.03 Å². The molecule has 0 aliphatic carbocycles. The zero-order valence-corrected chi connectivity index (χ0v) is 10.1. The van der Waals surface area contributed by atoms with Crippen molar-refractivity contribution in [3.05, 3.63) is 50.6 Å². The van der Waals surface area contributed by atoms with Crippen molar-refractivity contribution in [2.45, 2.75) is 13.5 Å². The second-order valence-electron chi connectivity index (χ2n) is 3.35. The highest BCUT2D eigenvalue weighted by Crippen LogP contribution is 2.19. The summed E-state index contributed by atoms with van der Waals surface area (Å²) in [6, 6.07) is 9.78. The summed E-state index contributed by atoms with van der Waals surface area (Å²) in [5, 5.41) is 15.0. The summed E-state index contributed by atoms with van der Waals surface area (Å²) >= 11 is 1.28. The monoisotopic (exact) mass is 249 g/mol. The fourth-order valence-corrected chi connectivity index (χ4v) is 2.57. The molecule has 0 spiro atoms. The van der Waals surface area contributed by atoms with Crippen molar-refractivity contribution in [1.82, 2.24) is 4.57 Å². The summed E-state index contributed by atoms with van der Waals surface area (Å²) in [6.45, 7) is 2.60. The van der Waals surface area contributed by atoms with Crippen LogP contribution in [0.4, 0.5) is 0 Å². The lowest BCUT2D eigenvalue weighted by Gasteiger charge is -2.04. The number of nitrogens with zero attached hydrogens (tertiary/aromatic N) is 3. The van der Waals surface area contributed by atoms with Crippen molar-refractivity contribution in [3.8, 4) is 11.3 Å². The van der Waals surface area contributed by atoms with E-state index in [-0.39, 0.29) is 0 Å². The fraction of sp³-hybridized carbons (Fsp3) is 0.182. The van der Waals surface area contributed by atoms with Crippen LogP contribution in [0.3, 0.4) is 0 Å². The van der Waals surface area contributed by atoms with E-state index in [2.05, 4.69) is 5.10 Å². The van der Waals surface area contributed by atoms with Gasteiger partial charge in [-0.3, -0.25) is 0 Å². The van der Waals surface area contributed by atoms with Crippen molar-refractivity contribution in [3.63, 3.8) is 0 Å². The van der Waals surface area contributed by atoms with Crippen LogP contribution in [0.25, 0.3) is 11.3 Å². The fourth-order valence-electron chi connectivity index (χ4n) is 1.62. The lowest BCUT2D eigenvalue weighted by atomic mass is 10.2. The standard InChI is InChI=1S/C11H11N3O2S/c1-2-13-10(9-6-4-3-5-7-9)8-17-11(13)12-14(15)16/h3-8H,2H2,1H3/b12-11-. The molecule has 6 heteroatoms. The first-order chi connectivity index (χ1) is 8.22. The van der Waals surface area contributed by atoms with Gasteiger partial charge in [0.2, 0.25) is 0 Å². The Bertz CT molecular complexity index is 586. The van der Waals surface area contributed by atoms with Gasteiger partial charge in [0, 0.05) is 11.9 Å². The van der Waals surface area contributed by atoms with Crippen LogP contribution in [0.15, 0.2) is 40.8 Å². The first-order valence-electron chi connectivity index (χ1n) is 5.15. The third-order valence-corrected chi connectivity index (χ3v) is 3.20. The predicted molar refractivity (Wildman–Crippen MR) is 66.0 cm³/mol. The molecule has 0 aliphatic rings. The van der Waals surface area contributed by atoms with E-state index in [0.717, 1.165) is 11.3 Å². The van der Waals surface area contributed by atoms with Gasteiger partial charge in [-0.25, -0.2) is 10.1 Å². The van der Waals surface area contributed by atoms with Gasteiger partial charge in [0.05, 0.1) is 10.8 Å². The molecule has 0 radical (unpaired) electrons. The maximum absolute atomic E-state index is 10.4. The molecule has 0 fully saturated rings. The molecular formula is C11H11N3O2S. The van der Waals surface area contributed by atoms with Crippen LogP contribution < -0.4 is 4.80 Å². The summed E-state index contributed by atoms with van der Waals surface area (Å²) in [6.07, 6.45) is 0. The number of hydrogen-bond acceptors (Lipinski definition) is 3. The lowest BCUT2D eigenvalue weighted by Crippen LogP contribution is -2.16. The minimum absolute atomic E-state index is 0.413. The molecule has 1 heterocycles. The Kier molecular flexibility index (Phi) is 3.34. The Hall–Kier alpha value is -1.95. The number of aromatic nitrogens is 1. The maximum Gasteiger partial charge on any atom is 0.263 e. The van der Waals surface area contributed by atoms with E-state index in [9.17, 15) is 10.1 Å². The van der Waals surface area contributed by atoms with Gasteiger partial charge in [-0.05, 0) is 12.5 Å². The number of nitro groups is 1. The van der Waals surface area contributed by atoms with Gasteiger partial charge in [0.25, 0.3) is 4.80 Å². The van der Waals surface area contributed by atoms with Gasteiger partial charge in [-0.15, -0.1) is 0 Å². The molecule has 0 saturated carbocycles. The first-order valence-corrected chi connectivity index (χ1v) is 6.03. The van der Waals surface area contributed by atoms with Crippen molar-refractivity contribution in [2.75, 3.05) is 0 Å². The van der Waals surface area contributed by atoms with Crippen LogP contribution in [-0.4, -0.2) is 9.60 Å². The minimum atomic E-state index is -0.660. The van der Waals surface area contributed by atoms with Gasteiger partial charge in [0.15, 0.2) is 5.03 Å². The van der Waals surface area contributed by atoms with Gasteiger partial charge >= 0.3 is 0 Å². The van der Waals surface area contributed by atoms with Gasteiger partial charge in [0.1, 0.15) is 0 Å². The van der Waals surface area contributed by atoms with E-state index in [1.165, 1.54) is 11.3 Å². The van der Waals surface area contributed by atoms with Crippen molar-refractivity contribution in [1.29, 1.82) is 0 Å². The topological polar surface area (TPSA) is 60.4 Å². The molecule has 2 rings (SSSR count). The Labute approximate surface area is 102 Å². The lowest BCUT2D eigenvalue weighted by molar-refractivity contribution is -0.490. The average Bonchev–Trinajstić information content (AvgIpc) is 2.72. The van der Waals surface area contributed by atoms with Crippen LogP contribution in [0.1, 0.15) is 6.92 Å². The second-order valence-corrected chi connectivity index (χ2v) is 4.19. The Balaban J connectivity index is 2.58. The smallest absolute Gasteiger partial charge is 0.263 e. The maximum atomic E-state index is 10.4. The third kappa shape index (κ3) is 2.42. The quantitative estimate of drug-likeness (QED) is 0.619. The van der Waals surface area contributed by atoms with Gasteiger partial charge in [-0.2, -0.15) is 0 Å². The molecule has 2 aromatic rings. The molecule has 1 aromatic heterocycles. The molecule has 0 bridgehead atoms. The highest BCUT2D eigenvalue weighted by molar-refractivity contribution is 7.07. The zero-order chi connectivity index (χ0) is 12.3. The molecule has 17 heavy (non-hydrogen) atoms. The molecular weight excluding hydrogens is 238 g/mol. The van der Waals surface area contributed by atoms with E-state index in [1.54, 1.807) is 0 Å². The third-order valence-electron chi connectivity index (χ3n) is 2.35. The highest BCUT2D eigenvalue weighted by Gasteiger charge is 2.07. The molecule has 1 aromatic carbocycles. The normalized spacial score (nSPS) is 11.7. The number of rotatable bonds is 3. The van der Waals surface area contributed by atoms with Gasteiger partial charge in [-0.1, -0.05) is 41.7 Å². The number of hydrogen-bond donors (Lipinski definition) is 0. The van der Waals surface area contributed by atoms with E-state index in [4.69, 9.17) is 0 Å². The summed E-state index contributed by atoms with van der Waals surface area (Å²) in [4.78, 5) is 10.8. The zero-order valence-electron chi connectivity index (χ0n) is 9.24. The predicted octanol–water partition coefficient (Wildman–Crippen LogP) is 2.33. The van der Waals surface area contributed by atoms with Crippen molar-refractivity contribution >= 4 is 11.3 Å². The summed E-state index contributed by atoms with van der Waals surface area (Å²) in [7, 11) is 0. The average molecular weight is 249 g/mol. The van der Waals surface area contributed by atoms with E-state index in [1.807, 2.05) is 47.2 Å². The number of thiazole rings is 1. The largest absolute Gasteiger partial charge is 0.312 e.